The van der Waals surface area contributed by atoms with Crippen molar-refractivity contribution in [3.8, 4) is 0 Å². The van der Waals surface area contributed by atoms with Crippen LogP contribution in [0.3, 0.4) is 0 Å². The summed E-state index contributed by atoms with van der Waals surface area (Å²) in [5, 5.41) is 5.95. The molecule has 0 heterocycles. The van der Waals surface area contributed by atoms with Gasteiger partial charge in [-0.05, 0) is 55.5 Å². The fraction of sp³-hybridized carbons (Fsp3) is 0.350. The number of rotatable bonds is 6. The molecule has 0 aliphatic heterocycles. The van der Waals surface area contributed by atoms with Gasteiger partial charge in [-0.15, -0.1) is 0 Å². The first-order valence-corrected chi connectivity index (χ1v) is 8.61. The highest BCUT2D eigenvalue weighted by Crippen LogP contribution is 2.38. The van der Waals surface area contributed by atoms with Gasteiger partial charge in [-0.3, -0.25) is 10.1 Å². The number of benzene rings is 2. The smallest absolute Gasteiger partial charge is 0.241 e. The van der Waals surface area contributed by atoms with Crippen LogP contribution in [0, 0.1) is 17.6 Å². The molecule has 0 radical (unpaired) electrons. The molecule has 2 unspecified atom stereocenters. The molecule has 0 spiro atoms. The molecule has 3 rings (SSSR count). The molecular weight excluding hydrogens is 322 g/mol. The molecule has 1 fully saturated rings. The predicted molar refractivity (Wildman–Crippen MR) is 94.1 cm³/mol. The fourth-order valence-electron chi connectivity index (χ4n) is 3.10. The summed E-state index contributed by atoms with van der Waals surface area (Å²) >= 11 is 0. The van der Waals surface area contributed by atoms with Crippen LogP contribution < -0.4 is 10.6 Å². The van der Waals surface area contributed by atoms with Crippen LogP contribution in [0.2, 0.25) is 0 Å². The number of amides is 1. The lowest BCUT2D eigenvalue weighted by molar-refractivity contribution is -0.118. The Morgan fingerprint density at radius 2 is 1.76 bits per heavy atom. The minimum absolute atomic E-state index is 0.0179. The summed E-state index contributed by atoms with van der Waals surface area (Å²) in [6.45, 7) is 1.76. The fourth-order valence-corrected chi connectivity index (χ4v) is 3.10. The number of anilines is 1. The van der Waals surface area contributed by atoms with Crippen LogP contribution in [0.25, 0.3) is 0 Å². The van der Waals surface area contributed by atoms with Crippen molar-refractivity contribution in [1.29, 1.82) is 0 Å². The van der Waals surface area contributed by atoms with Crippen molar-refractivity contribution in [3.63, 3.8) is 0 Å². The molecule has 0 bridgehead atoms. The summed E-state index contributed by atoms with van der Waals surface area (Å²) in [6.07, 6.45) is 3.33. The van der Waals surface area contributed by atoms with E-state index >= 15 is 0 Å². The maximum Gasteiger partial charge on any atom is 0.241 e. The zero-order valence-corrected chi connectivity index (χ0v) is 14.1. The third kappa shape index (κ3) is 4.23. The van der Waals surface area contributed by atoms with Crippen molar-refractivity contribution in [1.82, 2.24) is 5.32 Å². The number of nitrogens with one attached hydrogen (secondary N) is 2. The lowest BCUT2D eigenvalue weighted by Gasteiger charge is -2.36. The standard InChI is InChI=1S/C20H22F2N2O/c1-13(20(25)24-18-8-3-2-7-17(18)22)23-19(14-5-4-6-14)15-9-11-16(21)12-10-15/h2-3,7-14,19,23H,4-6H2,1H3,(H,24,25). The Balaban J connectivity index is 1.69. The molecule has 1 amide bonds. The number of halogens is 2. The first-order chi connectivity index (χ1) is 12.0. The second-order valence-electron chi connectivity index (χ2n) is 6.58. The lowest BCUT2D eigenvalue weighted by Crippen LogP contribution is -2.43. The predicted octanol–water partition coefficient (Wildman–Crippen LogP) is 4.42. The highest BCUT2D eigenvalue weighted by molar-refractivity contribution is 5.94. The number of hydrogen-bond acceptors (Lipinski definition) is 2. The van der Waals surface area contributed by atoms with E-state index in [4.69, 9.17) is 0 Å². The van der Waals surface area contributed by atoms with Crippen molar-refractivity contribution < 1.29 is 13.6 Å². The number of carbonyl (C=O) groups is 1. The second-order valence-corrected chi connectivity index (χ2v) is 6.58. The monoisotopic (exact) mass is 344 g/mol. The summed E-state index contributed by atoms with van der Waals surface area (Å²) in [4.78, 5) is 12.4. The van der Waals surface area contributed by atoms with Gasteiger partial charge in [-0.1, -0.05) is 30.7 Å². The molecule has 2 aromatic rings. The van der Waals surface area contributed by atoms with E-state index < -0.39 is 11.9 Å². The van der Waals surface area contributed by atoms with Crippen molar-refractivity contribution in [3.05, 3.63) is 65.7 Å². The van der Waals surface area contributed by atoms with E-state index in [9.17, 15) is 13.6 Å². The van der Waals surface area contributed by atoms with E-state index in [1.807, 2.05) is 0 Å². The maximum absolute atomic E-state index is 13.7. The van der Waals surface area contributed by atoms with Crippen LogP contribution in [-0.2, 0) is 4.79 Å². The van der Waals surface area contributed by atoms with Gasteiger partial charge in [0.15, 0.2) is 0 Å². The van der Waals surface area contributed by atoms with Gasteiger partial charge in [0.1, 0.15) is 11.6 Å². The van der Waals surface area contributed by atoms with Gasteiger partial charge in [-0.25, -0.2) is 8.78 Å². The van der Waals surface area contributed by atoms with Crippen molar-refractivity contribution in [2.75, 3.05) is 5.32 Å². The minimum Gasteiger partial charge on any atom is -0.322 e. The topological polar surface area (TPSA) is 41.1 Å². The van der Waals surface area contributed by atoms with Gasteiger partial charge in [0, 0.05) is 6.04 Å². The van der Waals surface area contributed by atoms with Crippen LogP contribution in [0.15, 0.2) is 48.5 Å². The molecule has 1 aliphatic rings. The summed E-state index contributed by atoms with van der Waals surface area (Å²) in [5.74, 6) is -0.607. The van der Waals surface area contributed by atoms with Crippen molar-refractivity contribution >= 4 is 11.6 Å². The highest BCUT2D eigenvalue weighted by atomic mass is 19.1. The quantitative estimate of drug-likeness (QED) is 0.814. The number of hydrogen-bond donors (Lipinski definition) is 2. The number of para-hydroxylation sites is 1. The maximum atomic E-state index is 13.7. The van der Waals surface area contributed by atoms with Gasteiger partial charge >= 0.3 is 0 Å². The molecule has 25 heavy (non-hydrogen) atoms. The van der Waals surface area contributed by atoms with E-state index in [0.717, 1.165) is 18.4 Å². The third-order valence-corrected chi connectivity index (χ3v) is 4.80. The van der Waals surface area contributed by atoms with E-state index in [1.54, 1.807) is 31.2 Å². The van der Waals surface area contributed by atoms with Gasteiger partial charge in [-0.2, -0.15) is 0 Å². The highest BCUT2D eigenvalue weighted by Gasteiger charge is 2.30. The molecule has 5 heteroatoms. The van der Waals surface area contributed by atoms with Gasteiger partial charge in [0.25, 0.3) is 0 Å². The van der Waals surface area contributed by atoms with Crippen LogP contribution in [-0.4, -0.2) is 11.9 Å². The summed E-state index contributed by atoms with van der Waals surface area (Å²) < 4.78 is 26.9. The summed E-state index contributed by atoms with van der Waals surface area (Å²) in [5.41, 5.74) is 1.14. The largest absolute Gasteiger partial charge is 0.322 e. The Hall–Kier alpha value is -2.27. The van der Waals surface area contributed by atoms with E-state index in [2.05, 4.69) is 10.6 Å². The van der Waals surface area contributed by atoms with Crippen LogP contribution in [0.5, 0.6) is 0 Å². The first kappa shape index (κ1) is 17.5. The average Bonchev–Trinajstić information content (AvgIpc) is 2.55. The minimum atomic E-state index is -0.504. The van der Waals surface area contributed by atoms with Crippen molar-refractivity contribution in [2.24, 2.45) is 5.92 Å². The van der Waals surface area contributed by atoms with Crippen LogP contribution in [0.1, 0.15) is 37.8 Å². The van der Waals surface area contributed by atoms with Crippen LogP contribution >= 0.6 is 0 Å². The molecule has 3 nitrogen and oxygen atoms in total. The lowest BCUT2D eigenvalue weighted by atomic mass is 9.77. The zero-order valence-electron chi connectivity index (χ0n) is 14.1. The molecule has 0 saturated heterocycles. The molecule has 2 atom stereocenters. The SMILES string of the molecule is CC(NC(c1ccc(F)cc1)C1CCC1)C(=O)Nc1ccccc1F. The molecule has 1 aliphatic carbocycles. The molecule has 2 aromatic carbocycles. The Morgan fingerprint density at radius 3 is 2.36 bits per heavy atom. The van der Waals surface area contributed by atoms with Gasteiger partial charge in [0.2, 0.25) is 5.91 Å². The third-order valence-electron chi connectivity index (χ3n) is 4.80. The van der Waals surface area contributed by atoms with E-state index in [1.165, 1.54) is 30.7 Å². The number of carbonyl (C=O) groups excluding carboxylic acids is 1. The first-order valence-electron chi connectivity index (χ1n) is 8.61. The molecule has 132 valence electrons. The van der Waals surface area contributed by atoms with E-state index in [0.29, 0.717) is 5.92 Å². The molecule has 1 saturated carbocycles. The Labute approximate surface area is 146 Å². The Bertz CT molecular complexity index is 729. The Kier molecular flexibility index (Phi) is 5.43. The Morgan fingerprint density at radius 1 is 1.08 bits per heavy atom. The second kappa shape index (κ2) is 7.74. The molecular formula is C20H22F2N2O. The summed E-state index contributed by atoms with van der Waals surface area (Å²) in [7, 11) is 0. The normalized spacial score (nSPS) is 16.8. The zero-order chi connectivity index (χ0) is 17.8. The molecule has 2 N–H and O–H groups in total. The van der Waals surface area contributed by atoms with Gasteiger partial charge < -0.3 is 5.32 Å². The average molecular weight is 344 g/mol. The van der Waals surface area contributed by atoms with Crippen molar-refractivity contribution in [2.45, 2.75) is 38.3 Å². The summed E-state index contributed by atoms with van der Waals surface area (Å²) in [6, 6.07) is 12.0. The van der Waals surface area contributed by atoms with Crippen LogP contribution in [0.4, 0.5) is 14.5 Å². The van der Waals surface area contributed by atoms with Gasteiger partial charge in [0.05, 0.1) is 11.7 Å². The molecule has 0 aromatic heterocycles. The van der Waals surface area contributed by atoms with E-state index in [-0.39, 0.29) is 23.5 Å².